The summed E-state index contributed by atoms with van der Waals surface area (Å²) < 4.78 is 22.0. The summed E-state index contributed by atoms with van der Waals surface area (Å²) >= 11 is 3.91. The molecule has 2 saturated heterocycles. The molecule has 0 aromatic heterocycles. The second kappa shape index (κ2) is 14.9. The Kier molecular flexibility index (Phi) is 12.6. The Bertz CT molecular complexity index is 838. The minimum absolute atomic E-state index is 0.0955. The van der Waals surface area contributed by atoms with Crippen molar-refractivity contribution in [1.82, 2.24) is 21.5 Å². The van der Waals surface area contributed by atoms with E-state index in [1.807, 2.05) is 0 Å². The minimum Gasteiger partial charge on any atom is -0.394 e. The van der Waals surface area contributed by atoms with E-state index in [9.17, 15) is 39.6 Å². The van der Waals surface area contributed by atoms with Crippen molar-refractivity contribution < 1.29 is 58.6 Å². The van der Waals surface area contributed by atoms with Gasteiger partial charge in [-0.2, -0.15) is 12.6 Å². The third kappa shape index (κ3) is 8.20. The second-order valence-electron chi connectivity index (χ2n) is 8.77. The van der Waals surface area contributed by atoms with Crippen molar-refractivity contribution in [2.45, 2.75) is 81.4 Å². The van der Waals surface area contributed by atoms with Crippen LogP contribution < -0.4 is 21.5 Å². The number of hydrazine groups is 1. The van der Waals surface area contributed by atoms with Gasteiger partial charge in [-0.3, -0.25) is 30.0 Å². The van der Waals surface area contributed by atoms with Crippen molar-refractivity contribution in [3.05, 3.63) is 0 Å². The van der Waals surface area contributed by atoms with Gasteiger partial charge in [0.2, 0.25) is 11.8 Å². The molecule has 4 amide bonds. The van der Waals surface area contributed by atoms with Crippen molar-refractivity contribution in [1.29, 1.82) is 0 Å². The summed E-state index contributed by atoms with van der Waals surface area (Å²) in [6, 6.07) is -0.956. The summed E-state index contributed by atoms with van der Waals surface area (Å²) in [5, 5.41) is 46.4. The van der Waals surface area contributed by atoms with Gasteiger partial charge < -0.3 is 50.0 Å². The number of ether oxygens (including phenoxy) is 4. The van der Waals surface area contributed by atoms with Crippen LogP contribution in [0.4, 0.5) is 0 Å². The predicted molar refractivity (Wildman–Crippen MR) is 129 cm³/mol. The van der Waals surface area contributed by atoms with E-state index >= 15 is 0 Å². The molecule has 0 radical (unpaired) electrons. The molecule has 2 rings (SSSR count). The van der Waals surface area contributed by atoms with Gasteiger partial charge >= 0.3 is 0 Å². The van der Waals surface area contributed by atoms with E-state index in [1.54, 1.807) is 6.92 Å². The molecule has 0 spiro atoms. The Labute approximate surface area is 224 Å². The normalized spacial score (nSPS) is 35.2. The van der Waals surface area contributed by atoms with E-state index in [0.717, 1.165) is 7.11 Å². The molecule has 38 heavy (non-hydrogen) atoms. The SMILES string of the molecule is CO[C@@H]1C(C(=O)NNC(=O)CNC(=O)CCS)O[C@@H](O[C@@H]2C(NC(C)=O)[C@H](C)OC(CO)[C@H]2O)C(O)[C@H]1O. The van der Waals surface area contributed by atoms with Gasteiger partial charge in [-0.05, 0) is 12.7 Å². The lowest BCUT2D eigenvalue weighted by Gasteiger charge is -2.47. The van der Waals surface area contributed by atoms with E-state index in [0.29, 0.717) is 0 Å². The maximum Gasteiger partial charge on any atom is 0.270 e. The fourth-order valence-corrected chi connectivity index (χ4v) is 4.28. The lowest BCUT2D eigenvalue weighted by atomic mass is 9.92. The molecule has 2 heterocycles. The van der Waals surface area contributed by atoms with E-state index in [2.05, 4.69) is 34.1 Å². The van der Waals surface area contributed by atoms with Crippen LogP contribution in [0.5, 0.6) is 0 Å². The van der Waals surface area contributed by atoms with Gasteiger partial charge in [-0.1, -0.05) is 0 Å². The maximum absolute atomic E-state index is 12.8. The zero-order chi connectivity index (χ0) is 28.6. The molecule has 218 valence electrons. The Morgan fingerprint density at radius 3 is 2.24 bits per heavy atom. The van der Waals surface area contributed by atoms with Gasteiger partial charge in [0.15, 0.2) is 12.4 Å². The quantitative estimate of drug-likeness (QED) is 0.0891. The Balaban J connectivity index is 2.14. The van der Waals surface area contributed by atoms with E-state index in [1.165, 1.54) is 6.92 Å². The summed E-state index contributed by atoms with van der Waals surface area (Å²) in [6.45, 7) is 1.78. The first-order valence-electron chi connectivity index (χ1n) is 11.8. The zero-order valence-electron chi connectivity index (χ0n) is 21.1. The molecule has 17 heteroatoms. The number of nitrogens with one attached hydrogen (secondary N) is 4. The average molecular weight is 569 g/mol. The Morgan fingerprint density at radius 1 is 0.974 bits per heavy atom. The number of amides is 4. The number of methoxy groups -OCH3 is 1. The summed E-state index contributed by atoms with van der Waals surface area (Å²) in [5.74, 6) is -2.36. The van der Waals surface area contributed by atoms with Crippen LogP contribution in [0.25, 0.3) is 0 Å². The number of carbonyl (C=O) groups excluding carboxylic acids is 4. The van der Waals surface area contributed by atoms with Crippen LogP contribution >= 0.6 is 12.6 Å². The van der Waals surface area contributed by atoms with Crippen LogP contribution in [0.15, 0.2) is 0 Å². The number of thiol groups is 1. The summed E-state index contributed by atoms with van der Waals surface area (Å²) in [4.78, 5) is 47.9. The topological polar surface area (TPSA) is 234 Å². The minimum atomic E-state index is -1.77. The van der Waals surface area contributed by atoms with Gasteiger partial charge in [-0.15, -0.1) is 0 Å². The smallest absolute Gasteiger partial charge is 0.270 e. The fraction of sp³-hybridized carbons (Fsp3) is 0.810. The van der Waals surface area contributed by atoms with Crippen LogP contribution in [0.2, 0.25) is 0 Å². The molecular formula is C21H36N4O12S. The van der Waals surface area contributed by atoms with E-state index in [4.69, 9.17) is 18.9 Å². The monoisotopic (exact) mass is 568 g/mol. The summed E-state index contributed by atoms with van der Waals surface area (Å²) in [5.41, 5.74) is 4.16. The number of hydrogen-bond donors (Lipinski definition) is 9. The van der Waals surface area contributed by atoms with Crippen LogP contribution in [0.1, 0.15) is 20.3 Å². The van der Waals surface area contributed by atoms with E-state index in [-0.39, 0.29) is 12.2 Å². The predicted octanol–water partition coefficient (Wildman–Crippen LogP) is -4.94. The number of carbonyl (C=O) groups is 4. The first kappa shape index (κ1) is 32.1. The van der Waals surface area contributed by atoms with Crippen LogP contribution in [-0.4, -0.2) is 131 Å². The molecule has 2 aliphatic rings. The van der Waals surface area contributed by atoms with Crippen molar-refractivity contribution >= 4 is 36.3 Å². The Morgan fingerprint density at radius 2 is 1.66 bits per heavy atom. The van der Waals surface area contributed by atoms with Crippen LogP contribution in [0.3, 0.4) is 0 Å². The molecule has 0 aliphatic carbocycles. The highest BCUT2D eigenvalue weighted by Crippen LogP contribution is 2.30. The molecule has 8 N–H and O–H groups in total. The highest BCUT2D eigenvalue weighted by Gasteiger charge is 2.52. The molecule has 0 bridgehead atoms. The number of aliphatic hydroxyl groups excluding tert-OH is 4. The fourth-order valence-electron chi connectivity index (χ4n) is 4.08. The van der Waals surface area contributed by atoms with Crippen LogP contribution in [-0.2, 0) is 38.1 Å². The third-order valence-corrected chi connectivity index (χ3v) is 6.22. The molecule has 2 fully saturated rings. The lowest BCUT2D eigenvalue weighted by Crippen LogP contribution is -2.68. The standard InChI is InChI=1S/C21H36N4O12S/c1-8-13(23-9(2)27)17(14(30)10(7-26)35-8)36-21-16(32)15(31)18(34-3)19(37-21)20(33)25-24-12(29)6-22-11(28)4-5-38/h8,10,13-19,21,26,30-32,38H,4-7H2,1-3H3,(H,22,28)(H,23,27)(H,24,29)(H,25,33)/t8-,10?,13?,14+,15+,16?,17+,18-,19?,21+/m0/s1. The van der Waals surface area contributed by atoms with Gasteiger partial charge in [0.25, 0.3) is 11.8 Å². The highest BCUT2D eigenvalue weighted by molar-refractivity contribution is 7.80. The van der Waals surface area contributed by atoms with Crippen molar-refractivity contribution in [3.8, 4) is 0 Å². The number of aliphatic hydroxyl groups is 4. The number of hydrogen-bond acceptors (Lipinski definition) is 13. The molecule has 2 aliphatic heterocycles. The molecular weight excluding hydrogens is 532 g/mol. The Hall–Kier alpha value is -2.09. The second-order valence-corrected chi connectivity index (χ2v) is 9.22. The zero-order valence-corrected chi connectivity index (χ0v) is 22.0. The van der Waals surface area contributed by atoms with Crippen LogP contribution in [0, 0.1) is 0 Å². The maximum atomic E-state index is 12.8. The summed E-state index contributed by atoms with van der Waals surface area (Å²) in [6.07, 6.45) is -12.8. The lowest BCUT2D eigenvalue weighted by molar-refractivity contribution is -0.325. The molecule has 0 aromatic carbocycles. The van der Waals surface area contributed by atoms with Crippen molar-refractivity contribution in [2.24, 2.45) is 0 Å². The van der Waals surface area contributed by atoms with E-state index < -0.39 is 97.9 Å². The van der Waals surface area contributed by atoms with Gasteiger partial charge in [-0.25, -0.2) is 0 Å². The summed E-state index contributed by atoms with van der Waals surface area (Å²) in [7, 11) is 1.16. The third-order valence-electron chi connectivity index (χ3n) is 5.99. The van der Waals surface area contributed by atoms with Gasteiger partial charge in [0.1, 0.15) is 36.6 Å². The first-order valence-corrected chi connectivity index (χ1v) is 12.5. The van der Waals surface area contributed by atoms with Crippen molar-refractivity contribution in [3.63, 3.8) is 0 Å². The largest absolute Gasteiger partial charge is 0.394 e. The molecule has 0 aromatic rings. The first-order chi connectivity index (χ1) is 17.9. The molecule has 10 atom stereocenters. The van der Waals surface area contributed by atoms with Gasteiger partial charge in [0.05, 0.1) is 25.3 Å². The van der Waals surface area contributed by atoms with Crippen molar-refractivity contribution in [2.75, 3.05) is 26.0 Å². The van der Waals surface area contributed by atoms with Gasteiger partial charge in [0, 0.05) is 20.5 Å². The molecule has 16 nitrogen and oxygen atoms in total. The average Bonchev–Trinajstić information content (AvgIpc) is 2.87. The number of rotatable bonds is 10. The molecule has 0 saturated carbocycles. The molecule has 4 unspecified atom stereocenters. The highest BCUT2D eigenvalue weighted by atomic mass is 32.1.